The molecular formula is C62H53Br3F6N6O14. The highest BCUT2D eigenvalue weighted by atomic mass is 79.9. The Morgan fingerprint density at radius 1 is 0.495 bits per heavy atom. The summed E-state index contributed by atoms with van der Waals surface area (Å²) in [5.41, 5.74) is 19.3. The molecule has 0 bridgehead atoms. The molecule has 7 N–H and O–H groups in total. The summed E-state index contributed by atoms with van der Waals surface area (Å²) in [6, 6.07) is 28.2. The van der Waals surface area contributed by atoms with Crippen LogP contribution >= 0.6 is 47.8 Å². The molecule has 0 saturated carbocycles. The van der Waals surface area contributed by atoms with Gasteiger partial charge in [0, 0.05) is 23.8 Å². The number of aryl methyl sites for hydroxylation is 3. The van der Waals surface area contributed by atoms with Crippen molar-refractivity contribution < 1.29 is 92.3 Å². The zero-order valence-electron chi connectivity index (χ0n) is 48.4. The van der Waals surface area contributed by atoms with Gasteiger partial charge in [-0.3, -0.25) is 14.4 Å². The highest BCUT2D eigenvalue weighted by molar-refractivity contribution is 9.11. The molecule has 9 aromatic rings. The van der Waals surface area contributed by atoms with E-state index in [1.54, 1.807) is 6.92 Å². The first-order chi connectivity index (χ1) is 43.3. The summed E-state index contributed by atoms with van der Waals surface area (Å²) in [6.45, 7) is 6.31. The smallest absolute Gasteiger partial charge is 0.332 e. The molecule has 0 aliphatic heterocycles. The van der Waals surface area contributed by atoms with E-state index < -0.39 is 118 Å². The molecule has 3 aromatic heterocycles. The van der Waals surface area contributed by atoms with Gasteiger partial charge in [0.1, 0.15) is 57.8 Å². The van der Waals surface area contributed by atoms with Gasteiger partial charge in [-0.25, -0.2) is 46.1 Å². The fourth-order valence-corrected chi connectivity index (χ4v) is 9.57. The highest BCUT2D eigenvalue weighted by Crippen LogP contribution is 2.38. The highest BCUT2D eigenvalue weighted by Gasteiger charge is 2.31. The quantitative estimate of drug-likeness (QED) is 0.0342. The number of primary amides is 3. The van der Waals surface area contributed by atoms with Crippen LogP contribution in [0.15, 0.2) is 136 Å². The van der Waals surface area contributed by atoms with Crippen LogP contribution in [0.1, 0.15) is 90.7 Å². The van der Waals surface area contributed by atoms with Crippen molar-refractivity contribution in [3.63, 3.8) is 0 Å². The van der Waals surface area contributed by atoms with Gasteiger partial charge >= 0.3 is 5.97 Å². The number of rotatable bonds is 23. The number of nitrogens with zero attached hydrogens (tertiary/aromatic N) is 3. The summed E-state index contributed by atoms with van der Waals surface area (Å²) in [4.78, 5) is 58.8. The first-order valence-electron chi connectivity index (χ1n) is 26.7. The number of methoxy groups -OCH3 is 1. The van der Waals surface area contributed by atoms with E-state index in [0.717, 1.165) is 69.8 Å². The number of ether oxygens (including phenoxy) is 6. The van der Waals surface area contributed by atoms with Crippen molar-refractivity contribution in [2.24, 2.45) is 17.2 Å². The summed E-state index contributed by atoms with van der Waals surface area (Å²) in [5.74, 6) is -12.8. The zero-order chi connectivity index (χ0) is 66.4. The van der Waals surface area contributed by atoms with Gasteiger partial charge in [0.15, 0.2) is 67.0 Å². The standard InChI is InChI=1S/C23H21BrF2N2O6.C20H17BrF2N2O4.C19H15BrF2N2O4/c1-3-32-17(29)11-31-10-16(33-15-9-8-14(25)18(19(15)26)22(27)30)23-28-20(21(24)34-23)13-6-4-12(2)5-7-13;1-10-3-5-11(6-4-10)17-18(21)29-20(25-17)14(9-27-2)28-13-8-7-12(22)15(16(13)23)19(24)26;1-9-2-4-10(5-3-9)16-17(20)28-19(24-16)13(8-25)27-12-7-6-11(21)14(15(12)22)18(23)26/h4-9,16H,3,10-11H2,1-2H3,(H2,27,30);3-8,14H,9H2,1-2H3,(H2,24,26);2-7,13,25H,8H2,1H3,(H2,23,26). The van der Waals surface area contributed by atoms with Gasteiger partial charge in [0.25, 0.3) is 17.7 Å². The Balaban J connectivity index is 0.000000195. The Hall–Kier alpha value is -8.87. The maximum Gasteiger partial charge on any atom is 0.332 e. The lowest BCUT2D eigenvalue weighted by atomic mass is 10.1. The van der Waals surface area contributed by atoms with Crippen molar-refractivity contribution in [3.05, 3.63) is 209 Å². The minimum Gasteiger partial charge on any atom is -0.475 e. The van der Waals surface area contributed by atoms with Gasteiger partial charge in [-0.15, -0.1) is 0 Å². The van der Waals surface area contributed by atoms with Gasteiger partial charge in [-0.1, -0.05) is 89.5 Å². The van der Waals surface area contributed by atoms with E-state index in [0.29, 0.717) is 26.4 Å². The van der Waals surface area contributed by atoms with Crippen LogP contribution in [0.4, 0.5) is 26.3 Å². The largest absolute Gasteiger partial charge is 0.475 e. The van der Waals surface area contributed by atoms with Gasteiger partial charge < -0.3 is 64.0 Å². The number of aliphatic hydroxyl groups excluding tert-OH is 1. The van der Waals surface area contributed by atoms with Gasteiger partial charge in [-0.05, 0) is 112 Å². The van der Waals surface area contributed by atoms with E-state index in [-0.39, 0.29) is 47.9 Å². The molecule has 478 valence electrons. The molecule has 6 aromatic carbocycles. The van der Waals surface area contributed by atoms with Crippen LogP contribution in [0.2, 0.25) is 0 Å². The summed E-state index contributed by atoms with van der Waals surface area (Å²) >= 11 is 9.89. The molecule has 3 heterocycles. The number of esters is 1. The predicted octanol–water partition coefficient (Wildman–Crippen LogP) is 12.9. The van der Waals surface area contributed by atoms with E-state index in [1.807, 2.05) is 93.6 Å². The molecule has 3 unspecified atom stereocenters. The molecule has 29 heteroatoms. The molecular weight excluding hydrogens is 1410 g/mol. The molecule has 3 amide bonds. The van der Waals surface area contributed by atoms with E-state index in [9.17, 15) is 50.6 Å². The number of hydrogen-bond donors (Lipinski definition) is 4. The topological polar surface area (TPSA) is 300 Å². The lowest BCUT2D eigenvalue weighted by Gasteiger charge is -2.17. The Labute approximate surface area is 539 Å². The van der Waals surface area contributed by atoms with Crippen molar-refractivity contribution in [2.75, 3.05) is 40.1 Å². The average molecular weight is 1460 g/mol. The predicted molar refractivity (Wildman–Crippen MR) is 324 cm³/mol. The van der Waals surface area contributed by atoms with Gasteiger partial charge in [-0.2, -0.15) is 0 Å². The fourth-order valence-electron chi connectivity index (χ4n) is 8.12. The number of benzene rings is 6. The monoisotopic (exact) mass is 1460 g/mol. The Morgan fingerprint density at radius 2 is 0.802 bits per heavy atom. The van der Waals surface area contributed by atoms with Crippen LogP contribution < -0.4 is 31.4 Å². The van der Waals surface area contributed by atoms with Crippen molar-refractivity contribution in [1.29, 1.82) is 0 Å². The van der Waals surface area contributed by atoms with Crippen molar-refractivity contribution in [2.45, 2.75) is 46.0 Å². The number of hydrogen-bond acceptors (Lipinski definition) is 17. The SMILES string of the molecule is CCOC(=O)COCC(Oc1ccc(F)c(C(N)=O)c1F)c1nc(-c2ccc(C)cc2)c(Br)o1.COCC(Oc1ccc(F)c(C(N)=O)c1F)c1nc(-c2ccc(C)cc2)c(Br)o1.Cc1ccc(-c2nc(C(CO)Oc3ccc(F)c(C(N)=O)c3F)oc2Br)cc1. The van der Waals surface area contributed by atoms with E-state index in [2.05, 4.69) is 62.7 Å². The van der Waals surface area contributed by atoms with E-state index in [1.165, 1.54) is 7.11 Å². The third-order valence-corrected chi connectivity index (χ3v) is 14.2. The Morgan fingerprint density at radius 3 is 1.10 bits per heavy atom. The maximum atomic E-state index is 14.8. The maximum absolute atomic E-state index is 14.8. The molecule has 0 spiro atoms. The number of amides is 3. The summed E-state index contributed by atoms with van der Waals surface area (Å²) in [6.07, 6.45) is -3.34. The number of carbonyl (C=O) groups is 4. The summed E-state index contributed by atoms with van der Waals surface area (Å²) in [5, 5.41) is 9.64. The molecule has 0 aliphatic carbocycles. The lowest BCUT2D eigenvalue weighted by molar-refractivity contribution is -0.149. The van der Waals surface area contributed by atoms with Gasteiger partial charge in [0.2, 0.25) is 17.7 Å². The zero-order valence-corrected chi connectivity index (χ0v) is 53.1. The molecule has 0 aliphatic rings. The number of nitrogens with two attached hydrogens (primary N) is 3. The van der Waals surface area contributed by atoms with Crippen molar-refractivity contribution >= 4 is 71.5 Å². The molecule has 0 fully saturated rings. The molecule has 9 rings (SSSR count). The third kappa shape index (κ3) is 17.6. The first kappa shape index (κ1) is 69.6. The first-order valence-corrected chi connectivity index (χ1v) is 29.1. The van der Waals surface area contributed by atoms with Crippen LogP contribution in [0.3, 0.4) is 0 Å². The van der Waals surface area contributed by atoms with Crippen LogP contribution in [-0.4, -0.2) is 83.9 Å². The summed E-state index contributed by atoms with van der Waals surface area (Å²) in [7, 11) is 1.42. The minimum absolute atomic E-state index is 0.0179. The van der Waals surface area contributed by atoms with Crippen molar-refractivity contribution in [3.8, 4) is 51.0 Å². The van der Waals surface area contributed by atoms with Gasteiger partial charge in [0.05, 0.1) is 26.4 Å². The van der Waals surface area contributed by atoms with E-state index in [4.69, 9.17) is 58.9 Å². The lowest BCUT2D eigenvalue weighted by Crippen LogP contribution is -2.21. The average Bonchev–Trinajstić information content (AvgIpc) is 1.87. The molecule has 20 nitrogen and oxygen atoms in total. The van der Waals surface area contributed by atoms with E-state index >= 15 is 0 Å². The molecule has 3 atom stereocenters. The number of carbonyl (C=O) groups excluding carboxylic acids is 4. The number of aliphatic hydroxyl groups is 1. The van der Waals surface area contributed by atoms with Crippen LogP contribution in [0.25, 0.3) is 33.8 Å². The molecule has 0 saturated heterocycles. The van der Waals surface area contributed by atoms with Crippen molar-refractivity contribution in [1.82, 2.24) is 15.0 Å². The number of halogens is 9. The minimum atomic E-state index is -1.30. The third-order valence-electron chi connectivity index (χ3n) is 12.6. The van der Waals surface area contributed by atoms with Crippen LogP contribution in [0.5, 0.6) is 17.2 Å². The Kier molecular flexibility index (Phi) is 24.3. The van der Waals surface area contributed by atoms with Crippen LogP contribution in [-0.2, 0) is 19.0 Å². The second-order valence-electron chi connectivity index (χ2n) is 19.2. The Bertz CT molecular complexity index is 4060. The second kappa shape index (κ2) is 31.7. The number of aromatic nitrogens is 3. The number of oxazole rings is 3. The second-order valence-corrected chi connectivity index (χ2v) is 21.4. The van der Waals surface area contributed by atoms with Crippen LogP contribution in [0, 0.1) is 55.7 Å². The fraction of sp³-hybridized carbons (Fsp3) is 0.210. The normalized spacial score (nSPS) is 11.9. The molecule has 0 radical (unpaired) electrons. The molecule has 91 heavy (non-hydrogen) atoms. The summed E-state index contributed by atoms with van der Waals surface area (Å²) < 4.78 is 134.